The minimum Gasteiger partial charge on any atom is -0.424 e. The van der Waals surface area contributed by atoms with Gasteiger partial charge in [0.05, 0.1) is 11.8 Å². The molecule has 0 radical (unpaired) electrons. The second-order valence-corrected chi connectivity index (χ2v) is 16.2. The first kappa shape index (κ1) is 32.6. The zero-order valence-electron chi connectivity index (χ0n) is 27.7. The van der Waals surface area contributed by atoms with E-state index in [0.29, 0.717) is 40.3 Å². The molecule has 0 bridgehead atoms. The normalized spacial score (nSPS) is 36.8. The maximum Gasteiger partial charge on any atom is 0.311 e. The van der Waals surface area contributed by atoms with Gasteiger partial charge in [-0.05, 0) is 141 Å². The summed E-state index contributed by atoms with van der Waals surface area (Å²) in [5.74, 6) is 6.07. The van der Waals surface area contributed by atoms with Crippen LogP contribution in [0.4, 0.5) is 11.4 Å². The van der Waals surface area contributed by atoms with Crippen LogP contribution in [-0.4, -0.2) is 17.3 Å². The molecule has 5 N–H and O–H groups in total. The molecule has 0 aliphatic heterocycles. The van der Waals surface area contributed by atoms with Crippen molar-refractivity contribution in [1.82, 2.24) is 0 Å². The van der Waals surface area contributed by atoms with Gasteiger partial charge in [0.25, 0.3) is 0 Å². The average Bonchev–Trinajstić information content (AvgIpc) is 3.32. The number of hydrogen-bond donors (Lipinski definition) is 3. The fourth-order valence-corrected chi connectivity index (χ4v) is 11.1. The fourth-order valence-electron chi connectivity index (χ4n) is 11.1. The SMILES string of the molecule is CC(C)CCCC(C)C1CCC2C3CCC4CC(C(CCC(=O)Oc5ccc(N)cc5N)OO)CCC4(C)C3CCC12C. The van der Waals surface area contributed by atoms with Crippen LogP contribution in [0.3, 0.4) is 0 Å². The summed E-state index contributed by atoms with van der Waals surface area (Å²) in [7, 11) is 0. The fraction of sp³-hybridized carbons (Fsp3) is 0.811. The van der Waals surface area contributed by atoms with Gasteiger partial charge in [0.2, 0.25) is 0 Å². The highest BCUT2D eigenvalue weighted by atomic mass is 17.1. The largest absolute Gasteiger partial charge is 0.424 e. The maximum atomic E-state index is 12.6. The summed E-state index contributed by atoms with van der Waals surface area (Å²) < 4.78 is 5.48. The van der Waals surface area contributed by atoms with Crippen LogP contribution >= 0.6 is 0 Å². The van der Waals surface area contributed by atoms with Crippen molar-refractivity contribution in [2.75, 3.05) is 11.5 Å². The Balaban J connectivity index is 1.17. The standard InChI is InChI=1S/C37H60N2O4/c1-23(2)7-6-8-24(3)29-12-13-30-28-11-9-26-21-25(17-19-36(26,4)31(28)18-20-37(29,30)5)33(43-41)15-16-35(40)42-34-14-10-27(38)22-32(34)39/h10,14,22-26,28-31,33,41H,6-9,11-13,15-21,38-39H2,1-5H3. The average molecular weight is 597 g/mol. The van der Waals surface area contributed by atoms with Crippen LogP contribution in [0.5, 0.6) is 5.75 Å². The van der Waals surface area contributed by atoms with E-state index in [4.69, 9.17) is 21.1 Å². The molecule has 0 spiro atoms. The predicted octanol–water partition coefficient (Wildman–Crippen LogP) is 9.13. The third-order valence-corrected chi connectivity index (χ3v) is 13.5. The molecule has 4 aliphatic carbocycles. The van der Waals surface area contributed by atoms with E-state index in [0.717, 1.165) is 48.3 Å². The molecular weight excluding hydrogens is 536 g/mol. The number of anilines is 2. The van der Waals surface area contributed by atoms with Crippen LogP contribution in [0, 0.1) is 58.2 Å². The van der Waals surface area contributed by atoms with Crippen LogP contribution < -0.4 is 16.2 Å². The number of ether oxygens (including phenoxy) is 1. The smallest absolute Gasteiger partial charge is 0.311 e. The molecule has 10 unspecified atom stereocenters. The molecule has 4 saturated carbocycles. The van der Waals surface area contributed by atoms with Crippen LogP contribution in [0.2, 0.25) is 0 Å². The van der Waals surface area contributed by atoms with E-state index in [-0.39, 0.29) is 24.4 Å². The first-order valence-electron chi connectivity index (χ1n) is 17.6. The number of benzene rings is 1. The Labute approximate surface area is 261 Å². The second-order valence-electron chi connectivity index (χ2n) is 16.2. The van der Waals surface area contributed by atoms with Crippen molar-refractivity contribution in [3.05, 3.63) is 18.2 Å². The first-order chi connectivity index (χ1) is 20.5. The minimum absolute atomic E-state index is 0.176. The third kappa shape index (κ3) is 6.61. The third-order valence-electron chi connectivity index (χ3n) is 13.5. The van der Waals surface area contributed by atoms with Gasteiger partial charge in [-0.3, -0.25) is 10.1 Å². The second kappa shape index (κ2) is 13.3. The van der Waals surface area contributed by atoms with Gasteiger partial charge < -0.3 is 16.2 Å². The predicted molar refractivity (Wildman–Crippen MR) is 174 cm³/mol. The summed E-state index contributed by atoms with van der Waals surface area (Å²) in [4.78, 5) is 17.6. The molecule has 242 valence electrons. The van der Waals surface area contributed by atoms with E-state index in [1.807, 2.05) is 0 Å². The molecule has 5 rings (SSSR count). The Morgan fingerprint density at radius 3 is 2.42 bits per heavy atom. The lowest BCUT2D eigenvalue weighted by atomic mass is 9.43. The van der Waals surface area contributed by atoms with Gasteiger partial charge in [0.1, 0.15) is 0 Å². The van der Waals surface area contributed by atoms with E-state index in [9.17, 15) is 10.1 Å². The van der Waals surface area contributed by atoms with Crippen molar-refractivity contribution >= 4 is 17.3 Å². The molecule has 4 aliphatic rings. The number of nitrogen functional groups attached to an aromatic ring is 2. The van der Waals surface area contributed by atoms with E-state index < -0.39 is 0 Å². The summed E-state index contributed by atoms with van der Waals surface area (Å²) in [6.07, 6.45) is 16.1. The van der Waals surface area contributed by atoms with Crippen molar-refractivity contribution in [2.24, 2.45) is 58.2 Å². The zero-order chi connectivity index (χ0) is 30.9. The van der Waals surface area contributed by atoms with Gasteiger partial charge >= 0.3 is 5.97 Å². The van der Waals surface area contributed by atoms with Crippen molar-refractivity contribution in [2.45, 2.75) is 131 Å². The number of fused-ring (bicyclic) bond motifs is 5. The topological polar surface area (TPSA) is 108 Å². The van der Waals surface area contributed by atoms with Crippen LogP contribution in [0.1, 0.15) is 125 Å². The minimum atomic E-state index is -0.367. The summed E-state index contributed by atoms with van der Waals surface area (Å²) in [5.41, 5.74) is 13.5. The number of esters is 1. The lowest BCUT2D eigenvalue weighted by molar-refractivity contribution is -0.297. The van der Waals surface area contributed by atoms with E-state index in [1.54, 1.807) is 18.2 Å². The molecule has 0 aromatic heterocycles. The summed E-state index contributed by atoms with van der Waals surface area (Å²) in [6.45, 7) is 12.6. The first-order valence-corrected chi connectivity index (χ1v) is 17.6. The Morgan fingerprint density at radius 2 is 1.70 bits per heavy atom. The van der Waals surface area contributed by atoms with Crippen LogP contribution in [-0.2, 0) is 9.68 Å². The molecule has 43 heavy (non-hydrogen) atoms. The number of rotatable bonds is 11. The highest BCUT2D eigenvalue weighted by molar-refractivity contribution is 5.75. The van der Waals surface area contributed by atoms with Crippen molar-refractivity contribution < 1.29 is 19.7 Å². The van der Waals surface area contributed by atoms with Gasteiger partial charge in [-0.2, -0.15) is 0 Å². The van der Waals surface area contributed by atoms with Crippen LogP contribution in [0.25, 0.3) is 0 Å². The molecule has 1 aromatic rings. The Hall–Kier alpha value is -1.79. The van der Waals surface area contributed by atoms with E-state index in [2.05, 4.69) is 34.6 Å². The van der Waals surface area contributed by atoms with Gasteiger partial charge in [0, 0.05) is 12.1 Å². The number of carbonyl (C=O) groups is 1. The summed E-state index contributed by atoms with van der Waals surface area (Å²) in [5, 5.41) is 9.90. The van der Waals surface area contributed by atoms with E-state index in [1.165, 1.54) is 64.2 Å². The molecular formula is C37H60N2O4. The van der Waals surface area contributed by atoms with Crippen molar-refractivity contribution in [3.8, 4) is 5.75 Å². The Morgan fingerprint density at radius 1 is 0.953 bits per heavy atom. The molecule has 1 aromatic carbocycles. The highest BCUT2D eigenvalue weighted by Gasteiger charge is 2.60. The zero-order valence-corrected chi connectivity index (χ0v) is 27.7. The number of nitrogens with two attached hydrogens (primary N) is 2. The van der Waals surface area contributed by atoms with Gasteiger partial charge in [0.15, 0.2) is 5.75 Å². The highest BCUT2D eigenvalue weighted by Crippen LogP contribution is 2.69. The Kier molecular flexibility index (Phi) is 10.1. The lowest BCUT2D eigenvalue weighted by Crippen LogP contribution is -2.54. The van der Waals surface area contributed by atoms with Crippen LogP contribution in [0.15, 0.2) is 18.2 Å². The number of carbonyl (C=O) groups excluding carboxylic acids is 1. The van der Waals surface area contributed by atoms with Gasteiger partial charge in [-0.1, -0.05) is 53.9 Å². The molecule has 0 amide bonds. The summed E-state index contributed by atoms with van der Waals surface area (Å²) >= 11 is 0. The summed E-state index contributed by atoms with van der Waals surface area (Å²) in [6, 6.07) is 4.87. The van der Waals surface area contributed by atoms with Gasteiger partial charge in [-0.25, -0.2) is 4.89 Å². The lowest BCUT2D eigenvalue weighted by Gasteiger charge is -2.61. The molecule has 0 heterocycles. The molecule has 0 saturated heterocycles. The number of hydrogen-bond acceptors (Lipinski definition) is 6. The maximum absolute atomic E-state index is 12.6. The van der Waals surface area contributed by atoms with Crippen molar-refractivity contribution in [1.29, 1.82) is 0 Å². The van der Waals surface area contributed by atoms with E-state index >= 15 is 0 Å². The van der Waals surface area contributed by atoms with Gasteiger partial charge in [-0.15, -0.1) is 0 Å². The molecule has 4 fully saturated rings. The molecule has 6 heteroatoms. The molecule has 6 nitrogen and oxygen atoms in total. The Bertz CT molecular complexity index is 1110. The van der Waals surface area contributed by atoms with Crippen molar-refractivity contribution in [3.63, 3.8) is 0 Å². The monoisotopic (exact) mass is 596 g/mol. The quantitative estimate of drug-likeness (QED) is 0.0773. The molecule has 10 atom stereocenters.